The van der Waals surface area contributed by atoms with Gasteiger partial charge in [0.25, 0.3) is 0 Å². The predicted octanol–water partition coefficient (Wildman–Crippen LogP) is 2.07. The minimum absolute atomic E-state index is 0.556. The Labute approximate surface area is 118 Å². The van der Waals surface area contributed by atoms with Gasteiger partial charge in [-0.3, -0.25) is 0 Å². The van der Waals surface area contributed by atoms with E-state index in [9.17, 15) is 0 Å². The average molecular weight is 263 g/mol. The van der Waals surface area contributed by atoms with Gasteiger partial charge in [0.1, 0.15) is 0 Å². The zero-order valence-electron chi connectivity index (χ0n) is 12.8. The van der Waals surface area contributed by atoms with Crippen LogP contribution in [0.15, 0.2) is 24.3 Å². The molecule has 1 rings (SSSR count). The Morgan fingerprint density at radius 3 is 2.32 bits per heavy atom. The topological polar surface area (TPSA) is 41.3 Å². The molecule has 0 aromatic heterocycles. The Morgan fingerprint density at radius 2 is 1.79 bits per heavy atom. The summed E-state index contributed by atoms with van der Waals surface area (Å²) in [6, 6.07) is 8.64. The van der Waals surface area contributed by atoms with Crippen LogP contribution in [0.4, 0.5) is 0 Å². The Morgan fingerprint density at radius 1 is 1.16 bits per heavy atom. The minimum Gasteiger partial charge on any atom is -0.330 e. The van der Waals surface area contributed by atoms with E-state index in [1.807, 2.05) is 0 Å². The van der Waals surface area contributed by atoms with E-state index in [2.05, 4.69) is 62.4 Å². The van der Waals surface area contributed by atoms with Crippen LogP contribution < -0.4 is 11.1 Å². The highest BCUT2D eigenvalue weighted by Gasteiger charge is 2.11. The van der Waals surface area contributed by atoms with Gasteiger partial charge in [-0.05, 0) is 50.1 Å². The van der Waals surface area contributed by atoms with Crippen LogP contribution in [0.3, 0.4) is 0 Å². The Balaban J connectivity index is 2.53. The number of rotatable bonds is 8. The van der Waals surface area contributed by atoms with E-state index in [1.165, 1.54) is 11.1 Å². The van der Waals surface area contributed by atoms with Gasteiger partial charge in [0.15, 0.2) is 0 Å². The van der Waals surface area contributed by atoms with E-state index in [0.29, 0.717) is 11.8 Å². The molecule has 1 aromatic carbocycles. The lowest BCUT2D eigenvalue weighted by molar-refractivity contribution is 0.369. The fourth-order valence-corrected chi connectivity index (χ4v) is 2.21. The van der Waals surface area contributed by atoms with Gasteiger partial charge in [0.05, 0.1) is 0 Å². The molecule has 0 amide bonds. The molecule has 0 aliphatic rings. The van der Waals surface area contributed by atoms with Gasteiger partial charge in [-0.2, -0.15) is 0 Å². The lowest BCUT2D eigenvalue weighted by atomic mass is 9.96. The zero-order chi connectivity index (χ0) is 14.3. The van der Waals surface area contributed by atoms with Crippen molar-refractivity contribution in [2.45, 2.75) is 26.9 Å². The third kappa shape index (κ3) is 5.72. The predicted molar refractivity (Wildman–Crippen MR) is 82.9 cm³/mol. The van der Waals surface area contributed by atoms with Crippen LogP contribution in [0.1, 0.15) is 25.0 Å². The fraction of sp³-hybridized carbons (Fsp3) is 0.625. The van der Waals surface area contributed by atoms with E-state index in [0.717, 1.165) is 26.2 Å². The summed E-state index contributed by atoms with van der Waals surface area (Å²) in [4.78, 5) is 2.20. The fourth-order valence-electron chi connectivity index (χ4n) is 2.21. The summed E-state index contributed by atoms with van der Waals surface area (Å²) in [6.45, 7) is 8.13. The summed E-state index contributed by atoms with van der Waals surface area (Å²) in [7, 11) is 4.21. The molecule has 1 aromatic rings. The van der Waals surface area contributed by atoms with Crippen LogP contribution >= 0.6 is 0 Å². The maximum Gasteiger partial charge on any atom is 0.0230 e. The molecule has 0 saturated carbocycles. The molecule has 0 fully saturated rings. The van der Waals surface area contributed by atoms with Crippen LogP contribution in [0.2, 0.25) is 0 Å². The zero-order valence-corrected chi connectivity index (χ0v) is 12.8. The molecule has 19 heavy (non-hydrogen) atoms. The van der Waals surface area contributed by atoms with E-state index in [1.54, 1.807) is 0 Å². The Hall–Kier alpha value is -0.900. The number of hydrogen-bond acceptors (Lipinski definition) is 3. The summed E-state index contributed by atoms with van der Waals surface area (Å²) < 4.78 is 0. The first-order valence-electron chi connectivity index (χ1n) is 7.16. The average Bonchev–Trinajstić information content (AvgIpc) is 2.35. The lowest BCUT2D eigenvalue weighted by Crippen LogP contribution is -2.31. The highest BCUT2D eigenvalue weighted by Crippen LogP contribution is 2.12. The Bertz CT molecular complexity index is 361. The van der Waals surface area contributed by atoms with E-state index < -0.39 is 0 Å². The number of nitrogens with one attached hydrogen (secondary N) is 1. The third-order valence-corrected chi connectivity index (χ3v) is 3.57. The van der Waals surface area contributed by atoms with Crippen molar-refractivity contribution < 1.29 is 0 Å². The molecule has 1 atom stereocenters. The standard InChI is InChI=1S/C16H29N3/c1-13(2)16(9-17)11-18-10-14-7-5-6-8-15(14)12-19(3)4/h5-8,13,16,18H,9-12,17H2,1-4H3. The molecular weight excluding hydrogens is 234 g/mol. The summed E-state index contributed by atoms with van der Waals surface area (Å²) in [5.41, 5.74) is 8.58. The molecule has 3 heteroatoms. The van der Waals surface area contributed by atoms with Gasteiger partial charge in [-0.15, -0.1) is 0 Å². The summed E-state index contributed by atoms with van der Waals surface area (Å²) in [5.74, 6) is 1.19. The molecule has 0 radical (unpaired) electrons. The van der Waals surface area contributed by atoms with Crippen LogP contribution in [0.25, 0.3) is 0 Å². The summed E-state index contributed by atoms with van der Waals surface area (Å²) >= 11 is 0. The van der Waals surface area contributed by atoms with Crippen LogP contribution in [0.5, 0.6) is 0 Å². The second kappa shape index (κ2) is 8.31. The van der Waals surface area contributed by atoms with Crippen LogP contribution in [0, 0.1) is 11.8 Å². The van der Waals surface area contributed by atoms with Gasteiger partial charge in [0.2, 0.25) is 0 Å². The van der Waals surface area contributed by atoms with Crippen molar-refractivity contribution >= 4 is 0 Å². The molecule has 0 aliphatic heterocycles. The number of hydrogen-bond donors (Lipinski definition) is 2. The van der Waals surface area contributed by atoms with Crippen molar-refractivity contribution in [3.8, 4) is 0 Å². The smallest absolute Gasteiger partial charge is 0.0230 e. The minimum atomic E-state index is 0.556. The first-order chi connectivity index (χ1) is 9.04. The molecular formula is C16H29N3. The van der Waals surface area contributed by atoms with Gasteiger partial charge in [-0.1, -0.05) is 38.1 Å². The van der Waals surface area contributed by atoms with Crippen LogP contribution in [-0.4, -0.2) is 32.1 Å². The maximum atomic E-state index is 5.80. The maximum absolute atomic E-state index is 5.80. The molecule has 1 unspecified atom stereocenters. The van der Waals surface area contributed by atoms with Crippen molar-refractivity contribution in [1.29, 1.82) is 0 Å². The first kappa shape index (κ1) is 16.2. The monoisotopic (exact) mass is 263 g/mol. The summed E-state index contributed by atoms with van der Waals surface area (Å²) in [5, 5.41) is 3.55. The largest absolute Gasteiger partial charge is 0.330 e. The molecule has 0 aliphatic carbocycles. The van der Waals surface area contributed by atoms with Crippen molar-refractivity contribution in [2.75, 3.05) is 27.2 Å². The van der Waals surface area contributed by atoms with Crippen molar-refractivity contribution in [3.63, 3.8) is 0 Å². The van der Waals surface area contributed by atoms with Crippen molar-refractivity contribution in [1.82, 2.24) is 10.2 Å². The van der Waals surface area contributed by atoms with E-state index in [4.69, 9.17) is 5.73 Å². The summed E-state index contributed by atoms with van der Waals surface area (Å²) in [6.07, 6.45) is 0. The highest BCUT2D eigenvalue weighted by molar-refractivity contribution is 5.26. The molecule has 0 heterocycles. The molecule has 0 saturated heterocycles. The number of nitrogens with two attached hydrogens (primary N) is 1. The van der Waals surface area contributed by atoms with E-state index >= 15 is 0 Å². The molecule has 3 nitrogen and oxygen atoms in total. The van der Waals surface area contributed by atoms with Gasteiger partial charge in [-0.25, -0.2) is 0 Å². The SMILES string of the molecule is CC(C)C(CN)CNCc1ccccc1CN(C)C. The molecule has 3 N–H and O–H groups in total. The molecule has 108 valence electrons. The highest BCUT2D eigenvalue weighted by atomic mass is 15.0. The third-order valence-electron chi connectivity index (χ3n) is 3.57. The van der Waals surface area contributed by atoms with E-state index in [-0.39, 0.29) is 0 Å². The van der Waals surface area contributed by atoms with Crippen molar-refractivity contribution in [2.24, 2.45) is 17.6 Å². The normalized spacial score (nSPS) is 13.2. The quantitative estimate of drug-likeness (QED) is 0.754. The first-order valence-corrected chi connectivity index (χ1v) is 7.16. The van der Waals surface area contributed by atoms with Crippen LogP contribution in [-0.2, 0) is 13.1 Å². The lowest BCUT2D eigenvalue weighted by Gasteiger charge is -2.20. The number of benzene rings is 1. The van der Waals surface area contributed by atoms with Crippen molar-refractivity contribution in [3.05, 3.63) is 35.4 Å². The Kier molecular flexibility index (Phi) is 7.06. The van der Waals surface area contributed by atoms with Gasteiger partial charge >= 0.3 is 0 Å². The molecule has 0 spiro atoms. The van der Waals surface area contributed by atoms with Gasteiger partial charge in [0, 0.05) is 13.1 Å². The second-order valence-electron chi connectivity index (χ2n) is 5.88. The second-order valence-corrected chi connectivity index (χ2v) is 5.88. The molecule has 0 bridgehead atoms. The number of nitrogens with zero attached hydrogens (tertiary/aromatic N) is 1. The van der Waals surface area contributed by atoms with Gasteiger partial charge < -0.3 is 16.0 Å².